The lowest BCUT2D eigenvalue weighted by atomic mass is 10.0. The molecule has 0 bridgehead atoms. The van der Waals surface area contributed by atoms with E-state index in [4.69, 9.17) is 8.83 Å². The molecule has 6 heterocycles. The standard InChI is InChI=1S/C66H38N4O2/c1-3-19-39(20-4-1)67-49-29-13-7-23-43(49)55-57-47-27-11-17-33-53(47)71-65(57)63-59(61(55)67)45-25-9-15-31-51(45)69(63)41-35-37-42(38-36-41)70-52-32-16-10-26-46(52)60-62-56(58-48-28-12-18-34-54(48)72-66(58)64(60)70)44-24-8-14-30-50(44)68(62)40-21-5-2-6-22-40/h1-38H. The Bertz CT molecular complexity index is 4810. The molecule has 0 radical (unpaired) electrons. The number of hydrogen-bond acceptors (Lipinski definition) is 2. The largest absolute Gasteiger partial charge is 0.454 e. The maximum absolute atomic E-state index is 7.13. The van der Waals surface area contributed by atoms with Crippen LogP contribution in [0, 0.1) is 0 Å². The van der Waals surface area contributed by atoms with Crippen molar-refractivity contribution in [2.75, 3.05) is 0 Å². The number of para-hydroxylation sites is 8. The van der Waals surface area contributed by atoms with Gasteiger partial charge in [-0.05, 0) is 84.9 Å². The summed E-state index contributed by atoms with van der Waals surface area (Å²) in [6.07, 6.45) is 0. The molecule has 6 heteroatoms. The van der Waals surface area contributed by atoms with Crippen molar-refractivity contribution in [1.82, 2.24) is 18.3 Å². The van der Waals surface area contributed by atoms with Crippen molar-refractivity contribution in [3.05, 3.63) is 231 Å². The van der Waals surface area contributed by atoms with Crippen molar-refractivity contribution in [2.45, 2.75) is 0 Å². The molecule has 0 aliphatic carbocycles. The summed E-state index contributed by atoms with van der Waals surface area (Å²) in [6, 6.07) is 83.0. The van der Waals surface area contributed by atoms with Crippen LogP contribution in [0.25, 0.3) is 154 Å². The van der Waals surface area contributed by atoms with E-state index in [2.05, 4.69) is 249 Å². The first kappa shape index (κ1) is 38.1. The summed E-state index contributed by atoms with van der Waals surface area (Å²) in [6.45, 7) is 0. The van der Waals surface area contributed by atoms with Crippen LogP contribution >= 0.6 is 0 Å². The molecule has 17 rings (SSSR count). The fourth-order valence-corrected chi connectivity index (χ4v) is 12.7. The van der Waals surface area contributed by atoms with E-state index in [9.17, 15) is 0 Å². The van der Waals surface area contributed by atoms with Crippen LogP contribution < -0.4 is 0 Å². The van der Waals surface area contributed by atoms with E-state index >= 15 is 0 Å². The molecule has 0 spiro atoms. The maximum Gasteiger partial charge on any atom is 0.160 e. The fourth-order valence-electron chi connectivity index (χ4n) is 12.7. The third-order valence-electron chi connectivity index (χ3n) is 15.5. The number of benzene rings is 11. The van der Waals surface area contributed by atoms with Gasteiger partial charge in [-0.15, -0.1) is 0 Å². The molecule has 0 amide bonds. The second kappa shape index (κ2) is 13.9. The highest BCUT2D eigenvalue weighted by Gasteiger charge is 2.30. The molecule has 0 aliphatic heterocycles. The van der Waals surface area contributed by atoms with Gasteiger partial charge in [0.2, 0.25) is 0 Å². The van der Waals surface area contributed by atoms with Crippen molar-refractivity contribution in [1.29, 1.82) is 0 Å². The Balaban J connectivity index is 1.00. The van der Waals surface area contributed by atoms with Gasteiger partial charge in [0.1, 0.15) is 11.2 Å². The van der Waals surface area contributed by atoms with E-state index in [-0.39, 0.29) is 0 Å². The SMILES string of the molecule is c1ccc(-n2c3ccccc3c3c4c5ccccc5oc4c4c(c5ccccc5n4-c4ccc(-n5c6ccccc6c6c5c5oc7ccccc7c5c5c7ccccc7n(-c7ccccc7)c56)cc4)c32)cc1. The summed E-state index contributed by atoms with van der Waals surface area (Å²) in [7, 11) is 0. The third kappa shape index (κ3) is 4.78. The van der Waals surface area contributed by atoms with Crippen molar-refractivity contribution in [2.24, 2.45) is 0 Å². The lowest BCUT2D eigenvalue weighted by Crippen LogP contribution is -1.98. The van der Waals surface area contributed by atoms with Crippen LogP contribution in [-0.4, -0.2) is 18.3 Å². The summed E-state index contributed by atoms with van der Waals surface area (Å²) in [5.41, 5.74) is 16.7. The van der Waals surface area contributed by atoms with E-state index in [1.165, 1.54) is 32.6 Å². The Morgan fingerprint density at radius 2 is 0.486 bits per heavy atom. The van der Waals surface area contributed by atoms with E-state index in [1.807, 2.05) is 0 Å². The number of nitrogens with zero attached hydrogens (tertiary/aromatic N) is 4. The smallest absolute Gasteiger partial charge is 0.160 e. The van der Waals surface area contributed by atoms with Gasteiger partial charge in [0.15, 0.2) is 11.2 Å². The molecule has 11 aromatic carbocycles. The van der Waals surface area contributed by atoms with Crippen LogP contribution in [0.15, 0.2) is 239 Å². The minimum Gasteiger partial charge on any atom is -0.454 e. The van der Waals surface area contributed by atoms with Gasteiger partial charge >= 0.3 is 0 Å². The zero-order valence-electron chi connectivity index (χ0n) is 38.5. The molecule has 0 N–H and O–H groups in total. The highest BCUT2D eigenvalue weighted by molar-refractivity contribution is 6.41. The van der Waals surface area contributed by atoms with Gasteiger partial charge in [0.25, 0.3) is 0 Å². The molecule has 6 nitrogen and oxygen atoms in total. The van der Waals surface area contributed by atoms with E-state index in [0.717, 1.165) is 121 Å². The third-order valence-corrected chi connectivity index (χ3v) is 15.5. The van der Waals surface area contributed by atoms with Crippen molar-refractivity contribution in [3.63, 3.8) is 0 Å². The number of furan rings is 2. The predicted octanol–water partition coefficient (Wildman–Crippen LogP) is 17.9. The minimum atomic E-state index is 0.869. The Morgan fingerprint density at radius 3 is 0.861 bits per heavy atom. The molecule has 72 heavy (non-hydrogen) atoms. The Kier molecular flexibility index (Phi) is 7.38. The van der Waals surface area contributed by atoms with Gasteiger partial charge in [-0.3, -0.25) is 0 Å². The fraction of sp³-hybridized carbons (Fsp3) is 0. The zero-order valence-corrected chi connectivity index (χ0v) is 38.5. The van der Waals surface area contributed by atoms with Gasteiger partial charge in [-0.25, -0.2) is 0 Å². The van der Waals surface area contributed by atoms with Gasteiger partial charge in [0.05, 0.1) is 44.1 Å². The van der Waals surface area contributed by atoms with Crippen LogP contribution in [0.4, 0.5) is 0 Å². The first-order valence-electron chi connectivity index (χ1n) is 24.6. The summed E-state index contributed by atoms with van der Waals surface area (Å²) in [4.78, 5) is 0. The van der Waals surface area contributed by atoms with E-state index in [1.54, 1.807) is 0 Å². The zero-order chi connectivity index (χ0) is 46.8. The molecule has 0 saturated heterocycles. The normalized spacial score (nSPS) is 12.4. The first-order valence-corrected chi connectivity index (χ1v) is 24.6. The summed E-state index contributed by atoms with van der Waals surface area (Å²) in [5.74, 6) is 0. The van der Waals surface area contributed by atoms with Gasteiger partial charge in [-0.2, -0.15) is 0 Å². The molecule has 0 saturated carbocycles. The average Bonchev–Trinajstić information content (AvgIpc) is 4.29. The monoisotopic (exact) mass is 918 g/mol. The summed E-state index contributed by atoms with van der Waals surface area (Å²) in [5, 5.41) is 13.9. The Labute approximate surface area is 409 Å². The predicted molar refractivity (Wildman–Crippen MR) is 298 cm³/mol. The number of fused-ring (bicyclic) bond motifs is 24. The van der Waals surface area contributed by atoms with Gasteiger partial charge in [-0.1, -0.05) is 146 Å². The second-order valence-electron chi connectivity index (χ2n) is 19.1. The molecule has 6 aromatic heterocycles. The number of hydrogen-bond donors (Lipinski definition) is 0. The van der Waals surface area contributed by atoms with Gasteiger partial charge in [0, 0.05) is 87.4 Å². The summed E-state index contributed by atoms with van der Waals surface area (Å²) >= 11 is 0. The number of aromatic nitrogens is 4. The van der Waals surface area contributed by atoms with Crippen LogP contribution in [0.5, 0.6) is 0 Å². The molecular weight excluding hydrogens is 881 g/mol. The second-order valence-corrected chi connectivity index (χ2v) is 19.1. The van der Waals surface area contributed by atoms with Crippen LogP contribution in [-0.2, 0) is 0 Å². The quantitative estimate of drug-likeness (QED) is 0.177. The topological polar surface area (TPSA) is 46.0 Å². The van der Waals surface area contributed by atoms with Crippen molar-refractivity contribution in [3.8, 4) is 22.7 Å². The number of rotatable bonds is 4. The molecule has 0 aliphatic rings. The molecular formula is C66H38N4O2. The lowest BCUT2D eigenvalue weighted by molar-refractivity contribution is 0.671. The molecule has 0 fully saturated rings. The lowest BCUT2D eigenvalue weighted by Gasteiger charge is -2.13. The molecule has 0 atom stereocenters. The van der Waals surface area contributed by atoms with Crippen molar-refractivity contribution >= 4 is 131 Å². The van der Waals surface area contributed by atoms with E-state index in [0.29, 0.717) is 0 Å². The average molecular weight is 919 g/mol. The van der Waals surface area contributed by atoms with Crippen molar-refractivity contribution < 1.29 is 8.83 Å². The molecule has 334 valence electrons. The maximum atomic E-state index is 7.13. The Hall–Kier alpha value is -9.78. The first-order chi connectivity index (χ1) is 35.8. The molecule has 17 aromatic rings. The van der Waals surface area contributed by atoms with Crippen LogP contribution in [0.1, 0.15) is 0 Å². The Morgan fingerprint density at radius 1 is 0.208 bits per heavy atom. The minimum absolute atomic E-state index is 0.869. The van der Waals surface area contributed by atoms with Crippen LogP contribution in [0.2, 0.25) is 0 Å². The summed E-state index contributed by atoms with van der Waals surface area (Å²) < 4.78 is 24.0. The van der Waals surface area contributed by atoms with Crippen LogP contribution in [0.3, 0.4) is 0 Å². The van der Waals surface area contributed by atoms with E-state index < -0.39 is 0 Å². The highest BCUT2D eigenvalue weighted by Crippen LogP contribution is 2.52. The highest BCUT2D eigenvalue weighted by atomic mass is 16.3. The van der Waals surface area contributed by atoms with Gasteiger partial charge < -0.3 is 27.1 Å². The molecule has 0 unspecified atom stereocenters.